The number of anilines is 2. The van der Waals surface area contributed by atoms with Crippen molar-refractivity contribution in [1.29, 1.82) is 0 Å². The lowest BCUT2D eigenvalue weighted by molar-refractivity contribution is -0.185. The minimum absolute atomic E-state index is 0.0214. The van der Waals surface area contributed by atoms with E-state index in [0.29, 0.717) is 22.5 Å². The van der Waals surface area contributed by atoms with Gasteiger partial charge in [-0.25, -0.2) is 9.59 Å². The smallest absolute Gasteiger partial charge is 0.391 e. The molecule has 0 aromatic heterocycles. The highest BCUT2D eigenvalue weighted by Gasteiger charge is 2.42. The zero-order valence-electron chi connectivity index (χ0n) is 21.5. The van der Waals surface area contributed by atoms with Gasteiger partial charge in [0, 0.05) is 23.4 Å². The van der Waals surface area contributed by atoms with Crippen molar-refractivity contribution in [3.8, 4) is 0 Å². The summed E-state index contributed by atoms with van der Waals surface area (Å²) in [5, 5.41) is 0. The number of hydrogen-bond acceptors (Lipinski definition) is 6. The first kappa shape index (κ1) is 29.1. The van der Waals surface area contributed by atoms with Crippen LogP contribution in [0.15, 0.2) is 48.5 Å². The van der Waals surface area contributed by atoms with Gasteiger partial charge >= 0.3 is 18.1 Å². The van der Waals surface area contributed by atoms with E-state index >= 15 is 0 Å². The highest BCUT2D eigenvalue weighted by Crippen LogP contribution is 2.38. The van der Waals surface area contributed by atoms with Gasteiger partial charge in [0.25, 0.3) is 0 Å². The highest BCUT2D eigenvalue weighted by molar-refractivity contribution is 5.90. The predicted molar refractivity (Wildman–Crippen MR) is 141 cm³/mol. The summed E-state index contributed by atoms with van der Waals surface area (Å²) in [6.07, 6.45) is 1.31. The molecular weight excluding hydrogens is 497 g/mol. The van der Waals surface area contributed by atoms with Crippen LogP contribution >= 0.6 is 0 Å². The topological polar surface area (TPSA) is 105 Å². The van der Waals surface area contributed by atoms with Gasteiger partial charge in [0.15, 0.2) is 0 Å². The van der Waals surface area contributed by atoms with Gasteiger partial charge < -0.3 is 20.9 Å². The molecular formula is C29H35F3N2O4. The summed E-state index contributed by atoms with van der Waals surface area (Å²) in [6, 6.07) is 11.8. The van der Waals surface area contributed by atoms with E-state index in [0.717, 1.165) is 24.8 Å². The molecule has 0 radical (unpaired) electrons. The fourth-order valence-corrected chi connectivity index (χ4v) is 4.59. The SMILES string of the molecule is CCCCC(COC(=O)C=Cc1ccc(C(=O)OC2CCC(C(F)(F)F)CC2)cc1)c1cc(N)cc(N)c1. The van der Waals surface area contributed by atoms with Gasteiger partial charge in [-0.05, 0) is 79.6 Å². The molecule has 0 heterocycles. The number of rotatable bonds is 10. The highest BCUT2D eigenvalue weighted by atomic mass is 19.4. The second-order valence-electron chi connectivity index (χ2n) is 9.78. The lowest BCUT2D eigenvalue weighted by Crippen LogP contribution is -2.31. The minimum Gasteiger partial charge on any atom is -0.462 e. The average molecular weight is 533 g/mol. The molecule has 3 rings (SSSR count). The van der Waals surface area contributed by atoms with Crippen LogP contribution in [0, 0.1) is 5.92 Å². The Bertz CT molecular complexity index is 1090. The lowest BCUT2D eigenvalue weighted by atomic mass is 9.87. The Morgan fingerprint density at radius 2 is 1.66 bits per heavy atom. The molecule has 1 fully saturated rings. The third kappa shape index (κ3) is 8.82. The number of ether oxygens (including phenoxy) is 2. The molecule has 2 aromatic carbocycles. The van der Waals surface area contributed by atoms with E-state index in [1.165, 1.54) is 6.08 Å². The Hall–Kier alpha value is -3.49. The molecule has 0 amide bonds. The molecule has 2 aromatic rings. The number of carbonyl (C=O) groups is 2. The largest absolute Gasteiger partial charge is 0.462 e. The van der Waals surface area contributed by atoms with Gasteiger partial charge in [-0.1, -0.05) is 31.9 Å². The van der Waals surface area contributed by atoms with Crippen LogP contribution in [-0.2, 0) is 14.3 Å². The van der Waals surface area contributed by atoms with Crippen molar-refractivity contribution in [1.82, 2.24) is 0 Å². The molecule has 9 heteroatoms. The molecule has 0 spiro atoms. The Morgan fingerprint density at radius 3 is 2.24 bits per heavy atom. The van der Waals surface area contributed by atoms with Crippen LogP contribution in [0.5, 0.6) is 0 Å². The van der Waals surface area contributed by atoms with Crippen LogP contribution in [-0.4, -0.2) is 30.8 Å². The maximum Gasteiger partial charge on any atom is 0.391 e. The lowest BCUT2D eigenvalue weighted by Gasteiger charge is -2.29. The van der Waals surface area contributed by atoms with Gasteiger partial charge in [0.2, 0.25) is 0 Å². The normalized spacial score (nSPS) is 18.7. The summed E-state index contributed by atoms with van der Waals surface area (Å²) in [4.78, 5) is 24.7. The zero-order chi connectivity index (χ0) is 27.7. The van der Waals surface area contributed by atoms with E-state index < -0.39 is 30.1 Å². The number of nitrogens with two attached hydrogens (primary N) is 2. The molecule has 206 valence electrons. The maximum atomic E-state index is 12.8. The Kier molecular flexibility index (Phi) is 10.2. The Morgan fingerprint density at radius 1 is 1.03 bits per heavy atom. The van der Waals surface area contributed by atoms with Crippen molar-refractivity contribution >= 4 is 29.4 Å². The molecule has 0 bridgehead atoms. The van der Waals surface area contributed by atoms with Crippen LogP contribution < -0.4 is 11.5 Å². The molecule has 38 heavy (non-hydrogen) atoms. The molecule has 1 aliphatic carbocycles. The number of hydrogen-bond donors (Lipinski definition) is 2. The second kappa shape index (κ2) is 13.3. The number of esters is 2. The van der Waals surface area contributed by atoms with Crippen molar-refractivity contribution in [3.63, 3.8) is 0 Å². The monoisotopic (exact) mass is 532 g/mol. The van der Waals surface area contributed by atoms with E-state index in [-0.39, 0.29) is 38.2 Å². The Labute approximate surface area is 221 Å². The molecule has 1 saturated carbocycles. The third-order valence-electron chi connectivity index (χ3n) is 6.77. The van der Waals surface area contributed by atoms with Crippen molar-refractivity contribution in [2.75, 3.05) is 18.1 Å². The van der Waals surface area contributed by atoms with E-state index in [1.807, 2.05) is 12.1 Å². The number of nitrogen functional groups attached to an aromatic ring is 2. The van der Waals surface area contributed by atoms with Crippen molar-refractivity contribution in [3.05, 3.63) is 65.2 Å². The zero-order valence-corrected chi connectivity index (χ0v) is 21.5. The van der Waals surface area contributed by atoms with Crippen LogP contribution in [0.3, 0.4) is 0 Å². The molecule has 0 aliphatic heterocycles. The van der Waals surface area contributed by atoms with E-state index in [2.05, 4.69) is 6.92 Å². The average Bonchev–Trinajstić information content (AvgIpc) is 2.87. The fourth-order valence-electron chi connectivity index (χ4n) is 4.59. The summed E-state index contributed by atoms with van der Waals surface area (Å²) >= 11 is 0. The summed E-state index contributed by atoms with van der Waals surface area (Å²) in [5.41, 5.74) is 14.9. The minimum atomic E-state index is -4.20. The van der Waals surface area contributed by atoms with Crippen LogP contribution in [0.4, 0.5) is 24.5 Å². The predicted octanol–water partition coefficient (Wildman–Crippen LogP) is 6.66. The number of alkyl halides is 3. The van der Waals surface area contributed by atoms with Gasteiger partial charge in [-0.2, -0.15) is 13.2 Å². The van der Waals surface area contributed by atoms with Crippen molar-refractivity contribution in [2.24, 2.45) is 5.92 Å². The molecule has 1 atom stereocenters. The fraction of sp³-hybridized carbons (Fsp3) is 0.448. The molecule has 4 N–H and O–H groups in total. The number of benzene rings is 2. The first-order chi connectivity index (χ1) is 18.0. The summed E-state index contributed by atoms with van der Waals surface area (Å²) in [7, 11) is 0. The van der Waals surface area contributed by atoms with Crippen LogP contribution in [0.1, 0.15) is 79.3 Å². The van der Waals surface area contributed by atoms with Crippen molar-refractivity contribution in [2.45, 2.75) is 70.1 Å². The maximum absolute atomic E-state index is 12.8. The summed E-state index contributed by atoms with van der Waals surface area (Å²) < 4.78 is 49.3. The molecule has 1 aliphatic rings. The quantitative estimate of drug-likeness (QED) is 0.201. The molecule has 0 saturated heterocycles. The third-order valence-corrected chi connectivity index (χ3v) is 6.77. The van der Waals surface area contributed by atoms with Gasteiger partial charge in [0.05, 0.1) is 18.1 Å². The van der Waals surface area contributed by atoms with E-state index in [9.17, 15) is 22.8 Å². The Balaban J connectivity index is 1.50. The number of carbonyl (C=O) groups excluding carboxylic acids is 2. The number of halogens is 3. The van der Waals surface area contributed by atoms with Crippen molar-refractivity contribution < 1.29 is 32.2 Å². The van der Waals surface area contributed by atoms with Crippen LogP contribution in [0.25, 0.3) is 6.08 Å². The standard InChI is InChI=1S/C29H35F3N2O4/c1-2-3-4-21(22-15-24(33)17-25(34)16-22)18-37-27(35)14-7-19-5-8-20(9-6-19)28(36)38-26-12-10-23(11-13-26)29(30,31)32/h5-9,14-17,21,23,26H,2-4,10-13,18,33-34H2,1H3. The van der Waals surface area contributed by atoms with Gasteiger partial charge in [0.1, 0.15) is 6.10 Å². The second-order valence-corrected chi connectivity index (χ2v) is 9.78. The summed E-state index contributed by atoms with van der Waals surface area (Å²) in [6.45, 7) is 2.29. The van der Waals surface area contributed by atoms with E-state index in [1.54, 1.807) is 36.4 Å². The van der Waals surface area contributed by atoms with Gasteiger partial charge in [-0.3, -0.25) is 0 Å². The first-order valence-corrected chi connectivity index (χ1v) is 12.9. The first-order valence-electron chi connectivity index (χ1n) is 12.9. The molecule has 6 nitrogen and oxygen atoms in total. The molecule has 1 unspecified atom stereocenters. The summed E-state index contributed by atoms with van der Waals surface area (Å²) in [5.74, 6) is -2.42. The van der Waals surface area contributed by atoms with Gasteiger partial charge in [-0.15, -0.1) is 0 Å². The van der Waals surface area contributed by atoms with Crippen LogP contribution in [0.2, 0.25) is 0 Å². The number of unbranched alkanes of at least 4 members (excludes halogenated alkanes) is 1. The van der Waals surface area contributed by atoms with E-state index in [4.69, 9.17) is 20.9 Å².